The summed E-state index contributed by atoms with van der Waals surface area (Å²) >= 11 is 8.28. The van der Waals surface area contributed by atoms with E-state index in [0.717, 1.165) is 45.9 Å². The summed E-state index contributed by atoms with van der Waals surface area (Å²) in [5, 5.41) is 7.98. The van der Waals surface area contributed by atoms with Gasteiger partial charge >= 0.3 is 0 Å². The Labute approximate surface area is 231 Å². The fourth-order valence-electron chi connectivity index (χ4n) is 4.50. The highest BCUT2D eigenvalue weighted by molar-refractivity contribution is 7.19. The van der Waals surface area contributed by atoms with Crippen molar-refractivity contribution in [1.29, 1.82) is 0 Å². The van der Waals surface area contributed by atoms with Crippen molar-refractivity contribution in [3.05, 3.63) is 81.5 Å². The number of aromatic nitrogens is 2. The number of halogens is 1. The number of nitrogens with one attached hydrogen (secondary N) is 2. The second-order valence-corrected chi connectivity index (χ2v) is 10.8. The number of hydrogen-bond acceptors (Lipinski definition) is 7. The number of ether oxygens (including phenoxy) is 1. The van der Waals surface area contributed by atoms with Crippen LogP contribution in [-0.2, 0) is 17.6 Å². The summed E-state index contributed by atoms with van der Waals surface area (Å²) in [6, 6.07) is 11.6. The molecule has 0 spiro atoms. The first-order valence-electron chi connectivity index (χ1n) is 12.6. The van der Waals surface area contributed by atoms with Crippen LogP contribution in [0.25, 0.3) is 10.2 Å². The first-order chi connectivity index (χ1) is 18.4. The van der Waals surface area contributed by atoms with Crippen molar-refractivity contribution in [1.82, 2.24) is 20.2 Å². The molecule has 7 nitrogen and oxygen atoms in total. The Hall–Kier alpha value is -3.46. The third-order valence-electron chi connectivity index (χ3n) is 6.71. The molecule has 196 valence electrons. The number of benzene rings is 2. The van der Waals surface area contributed by atoms with Gasteiger partial charge in [0, 0.05) is 36.3 Å². The van der Waals surface area contributed by atoms with Crippen molar-refractivity contribution in [3.8, 4) is 11.5 Å². The monoisotopic (exact) mass is 547 g/mol. The standard InChI is InChI=1S/C29H30ClN5O2S/c1-18-6-8-21(15-19(18)2)37-24-9-7-20(16-23(24)30)34-28-27-22-10-13-35(26(36)5-4-12-31-3)14-11-25(22)38-29(27)33-17-32-28/h4-9,15-17,31H,10-14H2,1-3H3,(H,32,33,34)/b5-4+. The van der Waals surface area contributed by atoms with Crippen molar-refractivity contribution in [2.45, 2.75) is 26.7 Å². The van der Waals surface area contributed by atoms with Crippen LogP contribution in [0, 0.1) is 13.8 Å². The van der Waals surface area contributed by atoms with Crippen LogP contribution in [0.5, 0.6) is 11.5 Å². The summed E-state index contributed by atoms with van der Waals surface area (Å²) in [6.45, 7) is 6.15. The molecule has 9 heteroatoms. The molecule has 2 N–H and O–H groups in total. The van der Waals surface area contributed by atoms with Gasteiger partial charge in [-0.25, -0.2) is 9.97 Å². The first kappa shape index (κ1) is 26.2. The van der Waals surface area contributed by atoms with Gasteiger partial charge in [-0.2, -0.15) is 0 Å². The van der Waals surface area contributed by atoms with E-state index in [-0.39, 0.29) is 5.91 Å². The molecule has 0 bridgehead atoms. The summed E-state index contributed by atoms with van der Waals surface area (Å²) in [5.41, 5.74) is 4.40. The van der Waals surface area contributed by atoms with E-state index in [1.54, 1.807) is 23.7 Å². The average molecular weight is 548 g/mol. The Morgan fingerprint density at radius 3 is 2.76 bits per heavy atom. The molecule has 0 fully saturated rings. The number of fused-ring (bicyclic) bond motifs is 3. The SMILES string of the molecule is CNC/C=C/C(=O)N1CCc2sc3ncnc(Nc4ccc(Oc5ccc(C)c(C)c5)c(Cl)c4)c3c2CC1. The van der Waals surface area contributed by atoms with Gasteiger partial charge in [0.1, 0.15) is 28.5 Å². The molecule has 0 aliphatic carbocycles. The summed E-state index contributed by atoms with van der Waals surface area (Å²) in [5.74, 6) is 2.12. The van der Waals surface area contributed by atoms with Crippen molar-refractivity contribution in [2.75, 3.05) is 32.0 Å². The minimum Gasteiger partial charge on any atom is -0.456 e. The number of carbonyl (C=O) groups excluding carboxylic acids is 1. The first-order valence-corrected chi connectivity index (χ1v) is 13.8. The highest BCUT2D eigenvalue weighted by atomic mass is 35.5. The van der Waals surface area contributed by atoms with E-state index in [1.807, 2.05) is 54.4 Å². The minimum absolute atomic E-state index is 0.0482. The van der Waals surface area contributed by atoms with Crippen molar-refractivity contribution in [2.24, 2.45) is 0 Å². The van der Waals surface area contributed by atoms with Crippen LogP contribution in [0.2, 0.25) is 5.02 Å². The van der Waals surface area contributed by atoms with E-state index in [1.165, 1.54) is 16.0 Å². The van der Waals surface area contributed by atoms with Crippen LogP contribution in [0.3, 0.4) is 0 Å². The van der Waals surface area contributed by atoms with Crippen LogP contribution in [0.4, 0.5) is 11.5 Å². The van der Waals surface area contributed by atoms with E-state index >= 15 is 0 Å². The van der Waals surface area contributed by atoms with Crippen molar-refractivity contribution < 1.29 is 9.53 Å². The number of anilines is 2. The molecule has 38 heavy (non-hydrogen) atoms. The molecule has 2 aromatic carbocycles. The Kier molecular flexibility index (Phi) is 7.93. The molecule has 3 heterocycles. The lowest BCUT2D eigenvalue weighted by Gasteiger charge is -2.18. The predicted molar refractivity (Wildman–Crippen MR) is 155 cm³/mol. The van der Waals surface area contributed by atoms with Crippen molar-refractivity contribution in [3.63, 3.8) is 0 Å². The lowest BCUT2D eigenvalue weighted by Crippen LogP contribution is -2.32. The van der Waals surface area contributed by atoms with E-state index in [2.05, 4.69) is 34.4 Å². The largest absolute Gasteiger partial charge is 0.456 e. The molecule has 0 unspecified atom stereocenters. The zero-order valence-corrected chi connectivity index (χ0v) is 23.2. The van der Waals surface area contributed by atoms with Gasteiger partial charge in [0.25, 0.3) is 0 Å². The Balaban J connectivity index is 1.35. The molecule has 0 radical (unpaired) electrons. The summed E-state index contributed by atoms with van der Waals surface area (Å²) in [4.78, 5) is 25.9. The molecule has 1 amide bonds. The lowest BCUT2D eigenvalue weighted by atomic mass is 10.1. The number of aryl methyl sites for hydroxylation is 2. The molecular weight excluding hydrogens is 518 g/mol. The second kappa shape index (κ2) is 11.5. The van der Waals surface area contributed by atoms with E-state index < -0.39 is 0 Å². The van der Waals surface area contributed by atoms with Crippen LogP contribution in [0.15, 0.2) is 54.9 Å². The second-order valence-electron chi connectivity index (χ2n) is 9.31. The number of nitrogens with zero attached hydrogens (tertiary/aromatic N) is 3. The van der Waals surface area contributed by atoms with E-state index in [4.69, 9.17) is 16.3 Å². The van der Waals surface area contributed by atoms with Gasteiger partial charge in [-0.05, 0) is 80.8 Å². The molecule has 5 rings (SSSR count). The molecule has 0 atom stereocenters. The van der Waals surface area contributed by atoms with Gasteiger partial charge in [0.15, 0.2) is 0 Å². The third kappa shape index (κ3) is 5.67. The average Bonchev–Trinajstić information content (AvgIpc) is 3.13. The molecule has 1 aliphatic heterocycles. The zero-order chi connectivity index (χ0) is 26.6. The molecular formula is C29H30ClN5O2S. The maximum absolute atomic E-state index is 12.6. The van der Waals surface area contributed by atoms with Gasteiger partial charge in [-0.3, -0.25) is 4.79 Å². The highest BCUT2D eigenvalue weighted by Gasteiger charge is 2.23. The number of carbonyl (C=O) groups is 1. The maximum atomic E-state index is 12.6. The van der Waals surface area contributed by atoms with Crippen LogP contribution in [0.1, 0.15) is 21.6 Å². The minimum atomic E-state index is 0.0482. The lowest BCUT2D eigenvalue weighted by molar-refractivity contribution is -0.125. The van der Waals surface area contributed by atoms with Gasteiger partial charge < -0.3 is 20.3 Å². The molecule has 0 saturated carbocycles. The van der Waals surface area contributed by atoms with Gasteiger partial charge in [-0.1, -0.05) is 23.7 Å². The van der Waals surface area contributed by atoms with Gasteiger partial charge in [0.2, 0.25) is 5.91 Å². The summed E-state index contributed by atoms with van der Waals surface area (Å²) < 4.78 is 6.03. The summed E-state index contributed by atoms with van der Waals surface area (Å²) in [6.07, 6.45) is 6.66. The smallest absolute Gasteiger partial charge is 0.246 e. The van der Waals surface area contributed by atoms with Gasteiger partial charge in [-0.15, -0.1) is 11.3 Å². The topological polar surface area (TPSA) is 79.4 Å². The molecule has 4 aromatic rings. The zero-order valence-electron chi connectivity index (χ0n) is 21.7. The number of hydrogen-bond donors (Lipinski definition) is 2. The normalized spacial score (nSPS) is 13.5. The van der Waals surface area contributed by atoms with Gasteiger partial charge in [0.05, 0.1) is 10.4 Å². The quantitative estimate of drug-likeness (QED) is 0.268. The van der Waals surface area contributed by atoms with E-state index in [9.17, 15) is 4.79 Å². The number of amides is 1. The Morgan fingerprint density at radius 2 is 1.97 bits per heavy atom. The molecule has 2 aromatic heterocycles. The van der Waals surface area contributed by atoms with Crippen LogP contribution >= 0.6 is 22.9 Å². The molecule has 1 aliphatic rings. The highest BCUT2D eigenvalue weighted by Crippen LogP contribution is 2.38. The fraction of sp³-hybridized carbons (Fsp3) is 0.276. The van der Waals surface area contributed by atoms with Crippen LogP contribution < -0.4 is 15.4 Å². The Bertz CT molecular complexity index is 1520. The van der Waals surface area contributed by atoms with Crippen molar-refractivity contribution >= 4 is 50.6 Å². The predicted octanol–water partition coefficient (Wildman–Crippen LogP) is 6.20. The third-order valence-corrected chi connectivity index (χ3v) is 8.20. The summed E-state index contributed by atoms with van der Waals surface area (Å²) in [7, 11) is 1.86. The number of thiophene rings is 1. The van der Waals surface area contributed by atoms with Crippen LogP contribution in [-0.4, -0.2) is 47.5 Å². The Morgan fingerprint density at radius 1 is 1.13 bits per heavy atom. The number of rotatable bonds is 7. The van der Waals surface area contributed by atoms with E-state index in [0.29, 0.717) is 30.4 Å². The molecule has 0 saturated heterocycles. The number of likely N-dealkylation sites (N-methyl/N-ethyl adjacent to an activating group) is 1. The fourth-order valence-corrected chi connectivity index (χ4v) is 5.89. The maximum Gasteiger partial charge on any atom is 0.246 e.